The summed E-state index contributed by atoms with van der Waals surface area (Å²) in [5, 5.41) is 1.14. The Bertz CT molecular complexity index is 392. The van der Waals surface area contributed by atoms with Crippen LogP contribution < -0.4 is 4.52 Å². The van der Waals surface area contributed by atoms with Crippen molar-refractivity contribution in [3.63, 3.8) is 0 Å². The van der Waals surface area contributed by atoms with Crippen LogP contribution in [0.25, 0.3) is 0 Å². The molecule has 0 spiro atoms. The quantitative estimate of drug-likeness (QED) is 0.454. The van der Waals surface area contributed by atoms with Gasteiger partial charge in [0, 0.05) is 31.3 Å². The van der Waals surface area contributed by atoms with Crippen molar-refractivity contribution in [2.24, 2.45) is 0 Å². The fourth-order valence-electron chi connectivity index (χ4n) is 0.901. The Kier molecular flexibility index (Phi) is 5.82. The van der Waals surface area contributed by atoms with E-state index in [9.17, 15) is 0 Å². The maximum absolute atomic E-state index is 5.41. The second-order valence-corrected chi connectivity index (χ2v) is 7.96. The highest BCUT2D eigenvalue weighted by atomic mass is 32.5. The van der Waals surface area contributed by atoms with E-state index in [0.29, 0.717) is 16.2 Å². The van der Waals surface area contributed by atoms with E-state index in [2.05, 4.69) is 23.8 Å². The first-order chi connectivity index (χ1) is 7.99. The Morgan fingerprint density at radius 1 is 1.24 bits per heavy atom. The van der Waals surface area contributed by atoms with Crippen molar-refractivity contribution in [3.8, 4) is 5.75 Å². The predicted octanol–water partition coefficient (Wildman–Crippen LogP) is 2.87. The number of hydrogen-bond donors (Lipinski definition) is 0. The summed E-state index contributed by atoms with van der Waals surface area (Å²) in [6, 6.07) is 0. The average Bonchev–Trinajstić information content (AvgIpc) is 2.31. The van der Waals surface area contributed by atoms with Gasteiger partial charge in [-0.2, -0.15) is 0 Å². The molecule has 0 aromatic carbocycles. The first-order valence-corrected chi connectivity index (χ1v) is 8.32. The van der Waals surface area contributed by atoms with Crippen LogP contribution in [0.15, 0.2) is 17.6 Å². The maximum Gasteiger partial charge on any atom is 0.380 e. The van der Waals surface area contributed by atoms with Gasteiger partial charge >= 0.3 is 6.72 Å². The average molecular weight is 294 g/mol. The Morgan fingerprint density at radius 3 is 2.18 bits per heavy atom. The van der Waals surface area contributed by atoms with Gasteiger partial charge in [-0.25, -0.2) is 9.97 Å². The third kappa shape index (κ3) is 4.89. The van der Waals surface area contributed by atoms with Crippen LogP contribution in [0.5, 0.6) is 5.75 Å². The van der Waals surface area contributed by atoms with Crippen LogP contribution in [0.4, 0.5) is 0 Å². The largest absolute Gasteiger partial charge is 0.421 e. The van der Waals surface area contributed by atoms with E-state index < -0.39 is 6.72 Å². The fourth-order valence-corrected chi connectivity index (χ4v) is 2.46. The van der Waals surface area contributed by atoms with Crippen LogP contribution in [-0.4, -0.2) is 29.4 Å². The van der Waals surface area contributed by atoms with E-state index in [1.807, 2.05) is 0 Å². The highest BCUT2D eigenvalue weighted by molar-refractivity contribution is 8.07. The summed E-state index contributed by atoms with van der Waals surface area (Å²) in [7, 11) is 2.90. The molecule has 0 atom stereocenters. The molecule has 17 heavy (non-hydrogen) atoms. The zero-order chi connectivity index (χ0) is 12.9. The van der Waals surface area contributed by atoms with Crippen molar-refractivity contribution in [1.29, 1.82) is 0 Å². The summed E-state index contributed by atoms with van der Waals surface area (Å²) in [5.41, 5.74) is 0. The summed E-state index contributed by atoms with van der Waals surface area (Å²) in [5.74, 6) is 0.449. The molecule has 0 aliphatic rings. The van der Waals surface area contributed by atoms with E-state index in [1.54, 1.807) is 24.2 Å². The van der Waals surface area contributed by atoms with Gasteiger partial charge in [0.1, 0.15) is 0 Å². The molecule has 0 N–H and O–H groups in total. The second kappa shape index (κ2) is 6.66. The third-order valence-corrected chi connectivity index (χ3v) is 4.95. The molecule has 0 radical (unpaired) electrons. The molecule has 0 bridgehead atoms. The second-order valence-electron chi connectivity index (χ2n) is 3.27. The molecule has 0 aliphatic heterocycles. The van der Waals surface area contributed by atoms with Gasteiger partial charge < -0.3 is 13.6 Å². The molecular formula is C9H15N2O3PS2. The Labute approximate surface area is 111 Å². The van der Waals surface area contributed by atoms with Crippen molar-refractivity contribution in [3.05, 3.63) is 12.4 Å². The van der Waals surface area contributed by atoms with E-state index in [1.165, 1.54) is 14.2 Å². The number of hydrogen-bond acceptors (Lipinski definition) is 7. The Hall–Kier alpha value is -0.200. The summed E-state index contributed by atoms with van der Waals surface area (Å²) < 4.78 is 15.4. The van der Waals surface area contributed by atoms with Gasteiger partial charge in [0.2, 0.25) is 0 Å². The molecule has 1 aromatic rings. The topological polar surface area (TPSA) is 53.5 Å². The molecule has 1 rings (SSSR count). The summed E-state index contributed by atoms with van der Waals surface area (Å²) >= 11 is 6.65. The summed E-state index contributed by atoms with van der Waals surface area (Å²) in [4.78, 5) is 8.32. The molecule has 0 fully saturated rings. The highest BCUT2D eigenvalue weighted by Gasteiger charge is 2.18. The zero-order valence-corrected chi connectivity index (χ0v) is 12.6. The van der Waals surface area contributed by atoms with Crippen LogP contribution in [0.1, 0.15) is 13.8 Å². The van der Waals surface area contributed by atoms with Crippen LogP contribution in [0.2, 0.25) is 0 Å². The normalized spacial score (nSPS) is 11.8. The lowest BCUT2D eigenvalue weighted by Crippen LogP contribution is -1.98. The monoisotopic (exact) mass is 294 g/mol. The predicted molar refractivity (Wildman–Crippen MR) is 72.0 cm³/mol. The van der Waals surface area contributed by atoms with Crippen molar-refractivity contribution < 1.29 is 13.6 Å². The smallest absolute Gasteiger partial charge is 0.380 e. The molecule has 96 valence electrons. The van der Waals surface area contributed by atoms with Crippen LogP contribution in [0.3, 0.4) is 0 Å². The van der Waals surface area contributed by atoms with E-state index >= 15 is 0 Å². The molecule has 0 saturated carbocycles. The van der Waals surface area contributed by atoms with Gasteiger partial charge in [0.05, 0.1) is 12.4 Å². The lowest BCUT2D eigenvalue weighted by Gasteiger charge is -2.17. The van der Waals surface area contributed by atoms with E-state index in [0.717, 1.165) is 0 Å². The molecule has 5 nitrogen and oxygen atoms in total. The van der Waals surface area contributed by atoms with E-state index in [4.69, 9.17) is 25.4 Å². The van der Waals surface area contributed by atoms with Crippen molar-refractivity contribution in [2.45, 2.75) is 24.3 Å². The molecule has 8 heteroatoms. The van der Waals surface area contributed by atoms with Gasteiger partial charge in [-0.3, -0.25) is 0 Å². The summed E-state index contributed by atoms with van der Waals surface area (Å²) in [6.45, 7) is 1.46. The minimum atomic E-state index is -2.70. The number of aromatic nitrogens is 2. The fraction of sp³-hybridized carbons (Fsp3) is 0.556. The first kappa shape index (κ1) is 14.9. The first-order valence-electron chi connectivity index (χ1n) is 4.89. The Morgan fingerprint density at radius 2 is 1.76 bits per heavy atom. The SMILES string of the molecule is COP(=S)(OC)Oc1cnc(SC(C)C)nc1. The van der Waals surface area contributed by atoms with Crippen molar-refractivity contribution in [2.75, 3.05) is 14.2 Å². The maximum atomic E-state index is 5.41. The zero-order valence-electron chi connectivity index (χ0n) is 10.1. The van der Waals surface area contributed by atoms with E-state index in [-0.39, 0.29) is 0 Å². The minimum absolute atomic E-state index is 0.435. The van der Waals surface area contributed by atoms with Crippen molar-refractivity contribution in [1.82, 2.24) is 9.97 Å². The highest BCUT2D eigenvalue weighted by Crippen LogP contribution is 2.47. The Balaban J connectivity index is 2.71. The van der Waals surface area contributed by atoms with Gasteiger partial charge in [-0.05, 0) is 0 Å². The number of thioether (sulfide) groups is 1. The third-order valence-electron chi connectivity index (χ3n) is 1.61. The van der Waals surface area contributed by atoms with Crippen LogP contribution in [-0.2, 0) is 20.9 Å². The molecule has 0 aliphatic carbocycles. The van der Waals surface area contributed by atoms with Crippen molar-refractivity contribution >= 4 is 30.3 Å². The standard InChI is InChI=1S/C9H15N2O3PS2/c1-7(2)17-9-10-5-8(6-11-9)14-15(16,12-3)13-4/h5-7H,1-4H3. The lowest BCUT2D eigenvalue weighted by molar-refractivity contribution is 0.272. The lowest BCUT2D eigenvalue weighted by atomic mass is 10.6. The van der Waals surface area contributed by atoms with Gasteiger partial charge in [-0.1, -0.05) is 25.6 Å². The van der Waals surface area contributed by atoms with Gasteiger partial charge in [0.15, 0.2) is 10.9 Å². The molecule has 1 heterocycles. The van der Waals surface area contributed by atoms with Gasteiger partial charge in [-0.15, -0.1) is 0 Å². The molecular weight excluding hydrogens is 279 g/mol. The van der Waals surface area contributed by atoms with Crippen LogP contribution >= 0.6 is 18.5 Å². The number of nitrogens with zero attached hydrogens (tertiary/aromatic N) is 2. The van der Waals surface area contributed by atoms with Crippen LogP contribution in [0, 0.1) is 0 Å². The molecule has 0 unspecified atom stereocenters. The minimum Gasteiger partial charge on any atom is -0.421 e. The molecule has 0 saturated heterocycles. The molecule has 0 amide bonds. The van der Waals surface area contributed by atoms with Gasteiger partial charge in [0.25, 0.3) is 0 Å². The number of rotatable bonds is 6. The molecule has 1 aromatic heterocycles. The summed E-state index contributed by atoms with van der Waals surface area (Å²) in [6.07, 6.45) is 3.13.